The Hall–Kier alpha value is -1.81. The van der Waals surface area contributed by atoms with Crippen molar-refractivity contribution in [2.45, 2.75) is 13.0 Å². The van der Waals surface area contributed by atoms with Gasteiger partial charge in [0.2, 0.25) is 6.10 Å². The summed E-state index contributed by atoms with van der Waals surface area (Å²) >= 11 is 3.43. The molecule has 4 heteroatoms. The van der Waals surface area contributed by atoms with Gasteiger partial charge in [-0.15, -0.1) is 0 Å². The molecule has 3 rings (SSSR count). The SMILES string of the molecule is Cc1ccc(Br)cc1[C@@H]1Oc2ccccc2NC1=O. The summed E-state index contributed by atoms with van der Waals surface area (Å²) in [5.74, 6) is 0.561. The van der Waals surface area contributed by atoms with Crippen LogP contribution in [-0.4, -0.2) is 5.91 Å². The molecule has 1 amide bonds. The van der Waals surface area contributed by atoms with E-state index in [0.717, 1.165) is 21.3 Å². The van der Waals surface area contributed by atoms with Gasteiger partial charge in [-0.25, -0.2) is 0 Å². The molecule has 2 aromatic carbocycles. The second-order valence-corrected chi connectivity index (χ2v) is 5.40. The van der Waals surface area contributed by atoms with Gasteiger partial charge in [-0.05, 0) is 36.8 Å². The summed E-state index contributed by atoms with van der Waals surface area (Å²) in [6.07, 6.45) is -0.604. The van der Waals surface area contributed by atoms with Gasteiger partial charge in [-0.2, -0.15) is 0 Å². The van der Waals surface area contributed by atoms with Crippen LogP contribution >= 0.6 is 15.9 Å². The van der Waals surface area contributed by atoms with Gasteiger partial charge in [-0.3, -0.25) is 4.79 Å². The second kappa shape index (κ2) is 4.70. The fourth-order valence-electron chi connectivity index (χ4n) is 2.15. The zero-order chi connectivity index (χ0) is 13.4. The highest BCUT2D eigenvalue weighted by molar-refractivity contribution is 9.10. The first kappa shape index (κ1) is 12.2. The number of carbonyl (C=O) groups is 1. The van der Waals surface area contributed by atoms with E-state index >= 15 is 0 Å². The van der Waals surface area contributed by atoms with E-state index < -0.39 is 6.10 Å². The van der Waals surface area contributed by atoms with Gasteiger partial charge in [0.25, 0.3) is 5.91 Å². The molecule has 0 saturated heterocycles. The number of ether oxygens (including phenoxy) is 1. The lowest BCUT2D eigenvalue weighted by atomic mass is 10.0. The fraction of sp³-hybridized carbons (Fsp3) is 0.133. The summed E-state index contributed by atoms with van der Waals surface area (Å²) in [6.45, 7) is 1.97. The van der Waals surface area contributed by atoms with Crippen LogP contribution in [0.3, 0.4) is 0 Å². The third-order valence-electron chi connectivity index (χ3n) is 3.15. The van der Waals surface area contributed by atoms with Gasteiger partial charge in [-0.1, -0.05) is 34.1 Å². The second-order valence-electron chi connectivity index (χ2n) is 4.48. The number of halogens is 1. The first-order chi connectivity index (χ1) is 9.15. The Balaban J connectivity index is 2.03. The maximum atomic E-state index is 12.2. The van der Waals surface area contributed by atoms with Gasteiger partial charge < -0.3 is 10.1 Å². The number of benzene rings is 2. The molecule has 0 saturated carbocycles. The van der Waals surface area contributed by atoms with Crippen LogP contribution < -0.4 is 10.1 Å². The van der Waals surface area contributed by atoms with Crippen LogP contribution in [0.5, 0.6) is 5.75 Å². The summed E-state index contributed by atoms with van der Waals surface area (Å²) in [7, 11) is 0. The number of anilines is 1. The van der Waals surface area contributed by atoms with Gasteiger partial charge >= 0.3 is 0 Å². The standard InChI is InChI=1S/C15H12BrNO2/c1-9-6-7-10(16)8-11(9)14-15(18)17-12-4-2-3-5-13(12)19-14/h2-8,14H,1H3,(H,17,18)/t14-/m0/s1. The van der Waals surface area contributed by atoms with E-state index in [1.165, 1.54) is 0 Å². The third-order valence-corrected chi connectivity index (χ3v) is 3.64. The molecule has 0 bridgehead atoms. The van der Waals surface area contributed by atoms with Crippen molar-refractivity contribution in [3.63, 3.8) is 0 Å². The molecule has 1 N–H and O–H groups in total. The Morgan fingerprint density at radius 1 is 1.21 bits per heavy atom. The van der Waals surface area contributed by atoms with Gasteiger partial charge in [0.1, 0.15) is 5.75 Å². The summed E-state index contributed by atoms with van der Waals surface area (Å²) in [4.78, 5) is 12.2. The molecule has 0 spiro atoms. The highest BCUT2D eigenvalue weighted by atomic mass is 79.9. The Kier molecular flexibility index (Phi) is 3.03. The summed E-state index contributed by atoms with van der Waals surface area (Å²) in [5, 5.41) is 2.88. The number of aryl methyl sites for hydroxylation is 1. The van der Waals surface area contributed by atoms with E-state index in [0.29, 0.717) is 5.75 Å². The number of hydrogen-bond acceptors (Lipinski definition) is 2. The van der Waals surface area contributed by atoms with Crippen LogP contribution in [0, 0.1) is 6.92 Å². The maximum absolute atomic E-state index is 12.2. The molecule has 0 fully saturated rings. The first-order valence-corrected chi connectivity index (χ1v) is 6.77. The average Bonchev–Trinajstić information content (AvgIpc) is 2.41. The number of para-hydroxylation sites is 2. The van der Waals surface area contributed by atoms with E-state index in [1.807, 2.05) is 49.4 Å². The minimum absolute atomic E-state index is 0.139. The molecule has 19 heavy (non-hydrogen) atoms. The van der Waals surface area contributed by atoms with Crippen molar-refractivity contribution in [3.05, 3.63) is 58.1 Å². The lowest BCUT2D eigenvalue weighted by molar-refractivity contribution is -0.123. The molecule has 0 radical (unpaired) electrons. The first-order valence-electron chi connectivity index (χ1n) is 5.98. The van der Waals surface area contributed by atoms with Crippen molar-refractivity contribution in [1.82, 2.24) is 0 Å². The predicted octanol–water partition coefficient (Wildman–Crippen LogP) is 3.83. The average molecular weight is 318 g/mol. The van der Waals surface area contributed by atoms with E-state index in [2.05, 4.69) is 21.2 Å². The zero-order valence-corrected chi connectivity index (χ0v) is 11.9. The van der Waals surface area contributed by atoms with Crippen LogP contribution in [0.15, 0.2) is 46.9 Å². The third kappa shape index (κ3) is 2.24. The molecular formula is C15H12BrNO2. The Bertz CT molecular complexity index is 654. The maximum Gasteiger partial charge on any atom is 0.270 e. The number of fused-ring (bicyclic) bond motifs is 1. The van der Waals surface area contributed by atoms with Crippen LogP contribution in [0.1, 0.15) is 17.2 Å². The topological polar surface area (TPSA) is 38.3 Å². The quantitative estimate of drug-likeness (QED) is 0.868. The van der Waals surface area contributed by atoms with Crippen molar-refractivity contribution in [3.8, 4) is 5.75 Å². The molecule has 0 aliphatic carbocycles. The molecule has 0 aromatic heterocycles. The van der Waals surface area contributed by atoms with Gasteiger partial charge in [0.05, 0.1) is 5.69 Å². The smallest absolute Gasteiger partial charge is 0.270 e. The van der Waals surface area contributed by atoms with Crippen LogP contribution in [0.2, 0.25) is 0 Å². The normalized spacial score (nSPS) is 17.4. The number of rotatable bonds is 1. The molecule has 2 aromatic rings. The molecule has 1 aliphatic rings. The molecule has 1 heterocycles. The highest BCUT2D eigenvalue weighted by Gasteiger charge is 2.30. The fourth-order valence-corrected chi connectivity index (χ4v) is 2.53. The van der Waals surface area contributed by atoms with E-state index in [4.69, 9.17) is 4.74 Å². The largest absolute Gasteiger partial charge is 0.474 e. The summed E-state index contributed by atoms with van der Waals surface area (Å²) < 4.78 is 6.77. The summed E-state index contributed by atoms with van der Waals surface area (Å²) in [5.41, 5.74) is 2.63. The van der Waals surface area contributed by atoms with Crippen molar-refractivity contribution in [1.29, 1.82) is 0 Å². The number of amides is 1. The van der Waals surface area contributed by atoms with Crippen molar-refractivity contribution in [2.24, 2.45) is 0 Å². The number of carbonyl (C=O) groups excluding carboxylic acids is 1. The van der Waals surface area contributed by atoms with E-state index in [9.17, 15) is 4.79 Å². The molecule has 0 unspecified atom stereocenters. The lowest BCUT2D eigenvalue weighted by Crippen LogP contribution is -2.30. The van der Waals surface area contributed by atoms with Crippen LogP contribution in [-0.2, 0) is 4.79 Å². The number of nitrogens with one attached hydrogen (secondary N) is 1. The molecule has 96 valence electrons. The van der Waals surface area contributed by atoms with Crippen molar-refractivity contribution in [2.75, 3.05) is 5.32 Å². The minimum atomic E-state index is -0.604. The van der Waals surface area contributed by atoms with E-state index in [-0.39, 0.29) is 5.91 Å². The monoisotopic (exact) mass is 317 g/mol. The molecule has 1 atom stereocenters. The van der Waals surface area contributed by atoms with Gasteiger partial charge in [0, 0.05) is 10.0 Å². The lowest BCUT2D eigenvalue weighted by Gasteiger charge is -2.27. The zero-order valence-electron chi connectivity index (χ0n) is 10.3. The molecule has 1 aliphatic heterocycles. The Morgan fingerprint density at radius 2 is 2.00 bits per heavy atom. The Morgan fingerprint density at radius 3 is 2.84 bits per heavy atom. The van der Waals surface area contributed by atoms with Crippen molar-refractivity contribution >= 4 is 27.5 Å². The number of hydrogen-bond donors (Lipinski definition) is 1. The van der Waals surface area contributed by atoms with Crippen LogP contribution in [0.25, 0.3) is 0 Å². The van der Waals surface area contributed by atoms with Crippen LogP contribution in [0.4, 0.5) is 5.69 Å². The van der Waals surface area contributed by atoms with Crippen molar-refractivity contribution < 1.29 is 9.53 Å². The predicted molar refractivity (Wildman–Crippen MR) is 77.3 cm³/mol. The van der Waals surface area contributed by atoms with Gasteiger partial charge in [0.15, 0.2) is 0 Å². The summed E-state index contributed by atoms with van der Waals surface area (Å²) in [6, 6.07) is 13.3. The molecular weight excluding hydrogens is 306 g/mol. The minimum Gasteiger partial charge on any atom is -0.474 e. The molecule has 3 nitrogen and oxygen atoms in total. The Labute approximate surface area is 119 Å². The highest BCUT2D eigenvalue weighted by Crippen LogP contribution is 2.36. The van der Waals surface area contributed by atoms with E-state index in [1.54, 1.807) is 0 Å².